The summed E-state index contributed by atoms with van der Waals surface area (Å²) >= 11 is 0. The van der Waals surface area contributed by atoms with E-state index >= 15 is 0 Å². The number of aromatic nitrogens is 2. The number of nitrogens with one attached hydrogen (secondary N) is 1. The van der Waals surface area contributed by atoms with E-state index in [-0.39, 0.29) is 36.6 Å². The minimum atomic E-state index is -0.159. The van der Waals surface area contributed by atoms with Crippen LogP contribution >= 0.6 is 0 Å². The van der Waals surface area contributed by atoms with E-state index in [1.165, 1.54) is 0 Å². The van der Waals surface area contributed by atoms with Crippen LogP contribution in [0.5, 0.6) is 0 Å². The highest BCUT2D eigenvalue weighted by Gasteiger charge is 2.45. The molecule has 1 unspecified atom stereocenters. The van der Waals surface area contributed by atoms with Crippen molar-refractivity contribution in [3.8, 4) is 0 Å². The lowest BCUT2D eigenvalue weighted by atomic mass is 9.92. The van der Waals surface area contributed by atoms with E-state index in [0.717, 1.165) is 25.0 Å². The van der Waals surface area contributed by atoms with Crippen LogP contribution in [0.3, 0.4) is 0 Å². The highest BCUT2D eigenvalue weighted by atomic mass is 16.5. The molecule has 138 valence electrons. The summed E-state index contributed by atoms with van der Waals surface area (Å²) in [5.41, 5.74) is 0.966. The summed E-state index contributed by atoms with van der Waals surface area (Å²) in [5, 5.41) is 3.10. The third-order valence-corrected chi connectivity index (χ3v) is 5.16. The molecule has 7 heteroatoms. The van der Waals surface area contributed by atoms with Crippen LogP contribution in [0.4, 0.5) is 0 Å². The van der Waals surface area contributed by atoms with Gasteiger partial charge in [-0.15, -0.1) is 0 Å². The van der Waals surface area contributed by atoms with Crippen LogP contribution in [0.1, 0.15) is 57.7 Å². The normalized spacial score (nSPS) is 25.1. The van der Waals surface area contributed by atoms with E-state index in [4.69, 9.17) is 4.74 Å². The summed E-state index contributed by atoms with van der Waals surface area (Å²) in [5.74, 6) is 0.0534. The molecule has 0 radical (unpaired) electrons. The predicted molar refractivity (Wildman–Crippen MR) is 92.7 cm³/mol. The smallest absolute Gasteiger partial charge is 0.246 e. The first-order valence-electron chi connectivity index (χ1n) is 9.19. The number of piperidine rings is 1. The van der Waals surface area contributed by atoms with Crippen LogP contribution in [0.25, 0.3) is 0 Å². The van der Waals surface area contributed by atoms with E-state index in [2.05, 4.69) is 10.3 Å². The fourth-order valence-electron chi connectivity index (χ4n) is 3.43. The lowest BCUT2D eigenvalue weighted by Gasteiger charge is -2.41. The number of nitrogens with zero attached hydrogens (tertiary/aromatic N) is 3. The third-order valence-electron chi connectivity index (χ3n) is 5.16. The molecule has 1 aromatic rings. The van der Waals surface area contributed by atoms with Crippen molar-refractivity contribution in [1.82, 2.24) is 19.8 Å². The van der Waals surface area contributed by atoms with Gasteiger partial charge in [0.1, 0.15) is 6.61 Å². The lowest BCUT2D eigenvalue weighted by Crippen LogP contribution is -2.54. The van der Waals surface area contributed by atoms with Gasteiger partial charge in [-0.2, -0.15) is 0 Å². The molecule has 0 aromatic carbocycles. The molecule has 2 heterocycles. The number of carbonyl (C=O) groups excluding carboxylic acids is 2. The number of hydrogen-bond acceptors (Lipinski definition) is 4. The molecular weight excluding hydrogens is 320 g/mol. The number of imidazole rings is 1. The van der Waals surface area contributed by atoms with E-state index in [1.54, 1.807) is 12.5 Å². The molecule has 7 nitrogen and oxygen atoms in total. The van der Waals surface area contributed by atoms with Gasteiger partial charge in [-0.3, -0.25) is 9.59 Å². The first-order valence-corrected chi connectivity index (χ1v) is 9.19. The maximum atomic E-state index is 12.5. The van der Waals surface area contributed by atoms with Crippen molar-refractivity contribution in [1.29, 1.82) is 0 Å². The van der Waals surface area contributed by atoms with Gasteiger partial charge in [0.05, 0.1) is 36.4 Å². The van der Waals surface area contributed by atoms with Crippen LogP contribution < -0.4 is 5.32 Å². The average Bonchev–Trinajstić information content (AvgIpc) is 3.35. The van der Waals surface area contributed by atoms with Crippen LogP contribution in [0.2, 0.25) is 0 Å². The Morgan fingerprint density at radius 2 is 2.20 bits per heavy atom. The van der Waals surface area contributed by atoms with E-state index in [0.29, 0.717) is 18.9 Å². The highest BCUT2D eigenvalue weighted by Crippen LogP contribution is 2.40. The number of likely N-dealkylation sites (tertiary alicyclic amines) is 1. The van der Waals surface area contributed by atoms with Gasteiger partial charge in [-0.05, 0) is 32.6 Å². The van der Waals surface area contributed by atoms with Crippen molar-refractivity contribution in [2.45, 2.75) is 70.2 Å². The molecule has 0 bridgehead atoms. The van der Waals surface area contributed by atoms with E-state index < -0.39 is 0 Å². The van der Waals surface area contributed by atoms with Crippen molar-refractivity contribution in [3.05, 3.63) is 18.2 Å². The molecule has 2 fully saturated rings. The van der Waals surface area contributed by atoms with Crippen molar-refractivity contribution in [2.24, 2.45) is 7.05 Å². The first kappa shape index (κ1) is 17.9. The third kappa shape index (κ3) is 4.03. The van der Waals surface area contributed by atoms with Crippen LogP contribution in [0.15, 0.2) is 12.5 Å². The van der Waals surface area contributed by atoms with Gasteiger partial charge in [0.25, 0.3) is 0 Å². The Hall–Kier alpha value is -1.89. The Balaban J connectivity index is 1.75. The molecule has 25 heavy (non-hydrogen) atoms. The molecule has 2 amide bonds. The zero-order valence-electron chi connectivity index (χ0n) is 15.3. The summed E-state index contributed by atoms with van der Waals surface area (Å²) in [6.45, 7) is 4.04. The first-order chi connectivity index (χ1) is 12.0. The summed E-state index contributed by atoms with van der Waals surface area (Å²) in [4.78, 5) is 31.1. The standard InChI is InChI=1S/C18H28N4O3/c1-4-12(2)25-10-16(23)20-14-7-8-17(24)22(13-5-6-13)18(14)15-9-19-11-21(15)3/h9,11-14,18H,4-8,10H2,1-3H3,(H,20,23)/t12?,14-,18-/m1/s1. The summed E-state index contributed by atoms with van der Waals surface area (Å²) in [6.07, 6.45) is 7.68. The second-order valence-electron chi connectivity index (χ2n) is 7.15. The number of hydrogen-bond donors (Lipinski definition) is 1. The molecule has 3 rings (SSSR count). The number of rotatable bonds is 7. The number of amides is 2. The Morgan fingerprint density at radius 3 is 2.80 bits per heavy atom. The predicted octanol–water partition coefficient (Wildman–Crippen LogP) is 1.55. The number of ether oxygens (including phenoxy) is 1. The van der Waals surface area contributed by atoms with Gasteiger partial charge in [-0.25, -0.2) is 4.98 Å². The second-order valence-corrected chi connectivity index (χ2v) is 7.15. The lowest BCUT2D eigenvalue weighted by molar-refractivity contribution is -0.141. The zero-order valence-corrected chi connectivity index (χ0v) is 15.3. The van der Waals surface area contributed by atoms with Crippen molar-refractivity contribution < 1.29 is 14.3 Å². The molecule has 1 aromatic heterocycles. The maximum absolute atomic E-state index is 12.5. The van der Waals surface area contributed by atoms with Gasteiger partial charge < -0.3 is 19.5 Å². The molecule has 3 atom stereocenters. The zero-order chi connectivity index (χ0) is 18.0. The summed E-state index contributed by atoms with van der Waals surface area (Å²) in [6, 6.07) is 0.0268. The van der Waals surface area contributed by atoms with Crippen molar-refractivity contribution in [2.75, 3.05) is 6.61 Å². The van der Waals surface area contributed by atoms with Gasteiger partial charge in [0, 0.05) is 19.5 Å². The monoisotopic (exact) mass is 348 g/mol. The Morgan fingerprint density at radius 1 is 1.44 bits per heavy atom. The fraction of sp³-hybridized carbons (Fsp3) is 0.722. The molecule has 1 N–H and O–H groups in total. The fourth-order valence-corrected chi connectivity index (χ4v) is 3.43. The second kappa shape index (κ2) is 7.56. The van der Waals surface area contributed by atoms with Gasteiger partial charge in [0.2, 0.25) is 11.8 Å². The van der Waals surface area contributed by atoms with E-state index in [1.807, 2.05) is 30.4 Å². The molecule has 1 aliphatic heterocycles. The van der Waals surface area contributed by atoms with Gasteiger partial charge in [0.15, 0.2) is 0 Å². The van der Waals surface area contributed by atoms with Gasteiger partial charge in [-0.1, -0.05) is 6.92 Å². The Labute approximate surface area is 148 Å². The Bertz CT molecular complexity index is 626. The molecule has 1 saturated carbocycles. The molecule has 1 saturated heterocycles. The van der Waals surface area contributed by atoms with Crippen molar-refractivity contribution in [3.63, 3.8) is 0 Å². The summed E-state index contributed by atoms with van der Waals surface area (Å²) in [7, 11) is 1.93. The molecule has 1 aliphatic carbocycles. The minimum absolute atomic E-state index is 0.0565. The van der Waals surface area contributed by atoms with Crippen LogP contribution in [-0.2, 0) is 21.4 Å². The van der Waals surface area contributed by atoms with E-state index in [9.17, 15) is 9.59 Å². The minimum Gasteiger partial charge on any atom is -0.369 e. The van der Waals surface area contributed by atoms with Crippen LogP contribution in [-0.4, -0.2) is 51.1 Å². The number of carbonyl (C=O) groups is 2. The van der Waals surface area contributed by atoms with Crippen molar-refractivity contribution >= 4 is 11.8 Å². The quantitative estimate of drug-likeness (QED) is 0.811. The summed E-state index contributed by atoms with van der Waals surface area (Å²) < 4.78 is 7.48. The highest BCUT2D eigenvalue weighted by molar-refractivity contribution is 5.80. The SMILES string of the molecule is CCC(C)OCC(=O)N[C@@H]1CCC(=O)N(C2CC2)[C@H]1c1cncn1C. The molecule has 2 aliphatic rings. The van der Waals surface area contributed by atoms with Gasteiger partial charge >= 0.3 is 0 Å². The molecular formula is C18H28N4O3. The molecule has 0 spiro atoms. The largest absolute Gasteiger partial charge is 0.369 e. The number of aryl methyl sites for hydroxylation is 1. The average molecular weight is 348 g/mol. The van der Waals surface area contributed by atoms with Crippen LogP contribution in [0, 0.1) is 0 Å². The Kier molecular flexibility index (Phi) is 5.42. The topological polar surface area (TPSA) is 76.5 Å². The maximum Gasteiger partial charge on any atom is 0.246 e.